The molecule has 0 aromatic carbocycles. The molecule has 0 atom stereocenters. The molecule has 2 aromatic heterocycles. The number of nitrogens with one attached hydrogen (secondary N) is 1. The van der Waals surface area contributed by atoms with Gasteiger partial charge in [0, 0.05) is 37.4 Å². The Morgan fingerprint density at radius 1 is 1.26 bits per heavy atom. The molecule has 0 aliphatic rings. The monoisotopic (exact) mass is 255 g/mol. The Kier molecular flexibility index (Phi) is 4.07. The predicted octanol–water partition coefficient (Wildman–Crippen LogP) is 1.79. The van der Waals surface area contributed by atoms with Gasteiger partial charge in [-0.05, 0) is 36.8 Å². The van der Waals surface area contributed by atoms with Crippen molar-refractivity contribution in [2.24, 2.45) is 5.73 Å². The van der Waals surface area contributed by atoms with Crippen molar-refractivity contribution in [1.82, 2.24) is 9.97 Å². The molecule has 2 heterocycles. The van der Waals surface area contributed by atoms with Crippen LogP contribution in [0.1, 0.15) is 18.2 Å². The van der Waals surface area contributed by atoms with E-state index in [0.717, 1.165) is 18.8 Å². The van der Waals surface area contributed by atoms with Crippen molar-refractivity contribution in [3.05, 3.63) is 54.1 Å². The van der Waals surface area contributed by atoms with Gasteiger partial charge < -0.3 is 10.6 Å². The van der Waals surface area contributed by atoms with Crippen LogP contribution in [0.5, 0.6) is 0 Å². The summed E-state index contributed by atoms with van der Waals surface area (Å²) in [5, 5.41) is 7.44. The van der Waals surface area contributed by atoms with Crippen molar-refractivity contribution in [2.45, 2.75) is 13.5 Å². The van der Waals surface area contributed by atoms with Crippen molar-refractivity contribution in [3.8, 4) is 0 Å². The Morgan fingerprint density at radius 2 is 2.00 bits per heavy atom. The number of hydrogen-bond acceptors (Lipinski definition) is 4. The van der Waals surface area contributed by atoms with Gasteiger partial charge in [0.15, 0.2) is 0 Å². The van der Waals surface area contributed by atoms with Crippen LogP contribution in [0.3, 0.4) is 0 Å². The molecule has 2 aromatic rings. The first kappa shape index (κ1) is 13.0. The summed E-state index contributed by atoms with van der Waals surface area (Å²) in [5.74, 6) is -0.0122. The summed E-state index contributed by atoms with van der Waals surface area (Å²) < 4.78 is 0. The highest BCUT2D eigenvalue weighted by atomic mass is 15.1. The average molecular weight is 255 g/mol. The molecule has 3 N–H and O–H groups in total. The minimum Gasteiger partial charge on any atom is -0.382 e. The van der Waals surface area contributed by atoms with E-state index in [1.807, 2.05) is 24.3 Å². The molecular weight excluding hydrogens is 238 g/mol. The number of nitrogen functional groups attached to an aromatic ring is 1. The van der Waals surface area contributed by atoms with Gasteiger partial charge in [0.25, 0.3) is 0 Å². The number of nitrogens with zero attached hydrogens (tertiary/aromatic N) is 3. The van der Waals surface area contributed by atoms with E-state index in [1.54, 1.807) is 18.6 Å². The fraction of sp³-hybridized carbons (Fsp3) is 0.214. The summed E-state index contributed by atoms with van der Waals surface area (Å²) in [5.41, 5.74) is 8.18. The van der Waals surface area contributed by atoms with Crippen LogP contribution in [-0.2, 0) is 6.54 Å². The highest BCUT2D eigenvalue weighted by molar-refractivity contribution is 5.93. The van der Waals surface area contributed by atoms with Crippen molar-refractivity contribution in [3.63, 3.8) is 0 Å². The minimum absolute atomic E-state index is 0.0122. The van der Waals surface area contributed by atoms with Crippen molar-refractivity contribution in [1.29, 1.82) is 5.41 Å². The number of amidine groups is 1. The first-order valence-corrected chi connectivity index (χ1v) is 6.15. The van der Waals surface area contributed by atoms with E-state index in [9.17, 15) is 0 Å². The Balaban J connectivity index is 2.22. The highest BCUT2D eigenvalue weighted by Crippen LogP contribution is 2.17. The number of hydrogen-bond donors (Lipinski definition) is 2. The zero-order valence-electron chi connectivity index (χ0n) is 10.9. The molecule has 5 heteroatoms. The third-order valence-electron chi connectivity index (χ3n) is 2.89. The fourth-order valence-corrected chi connectivity index (χ4v) is 1.86. The molecule has 0 bridgehead atoms. The molecule has 2 rings (SSSR count). The Labute approximate surface area is 112 Å². The van der Waals surface area contributed by atoms with Crippen LogP contribution in [0.4, 0.5) is 5.69 Å². The van der Waals surface area contributed by atoms with E-state index in [1.165, 1.54) is 5.56 Å². The molecule has 0 radical (unpaired) electrons. The van der Waals surface area contributed by atoms with E-state index in [0.29, 0.717) is 5.69 Å². The van der Waals surface area contributed by atoms with Gasteiger partial charge in [0.2, 0.25) is 0 Å². The second-order valence-corrected chi connectivity index (χ2v) is 4.18. The minimum atomic E-state index is -0.0122. The average Bonchev–Trinajstić information content (AvgIpc) is 2.46. The van der Waals surface area contributed by atoms with E-state index in [-0.39, 0.29) is 5.84 Å². The molecule has 19 heavy (non-hydrogen) atoms. The van der Waals surface area contributed by atoms with Crippen LogP contribution >= 0.6 is 0 Å². The van der Waals surface area contributed by atoms with Crippen LogP contribution in [-0.4, -0.2) is 22.3 Å². The van der Waals surface area contributed by atoms with Crippen LogP contribution in [0, 0.1) is 5.41 Å². The van der Waals surface area contributed by atoms with E-state index in [2.05, 4.69) is 21.8 Å². The van der Waals surface area contributed by atoms with Gasteiger partial charge in [0.1, 0.15) is 11.5 Å². The molecule has 0 saturated heterocycles. The molecule has 0 unspecified atom stereocenters. The zero-order chi connectivity index (χ0) is 13.7. The summed E-state index contributed by atoms with van der Waals surface area (Å²) in [6.07, 6.45) is 5.26. The molecular formula is C14H17N5. The number of anilines is 1. The summed E-state index contributed by atoms with van der Waals surface area (Å²) in [6, 6.07) is 7.76. The maximum Gasteiger partial charge on any atom is 0.141 e. The Hall–Kier alpha value is -2.43. The maximum absolute atomic E-state index is 7.44. The van der Waals surface area contributed by atoms with Gasteiger partial charge >= 0.3 is 0 Å². The summed E-state index contributed by atoms with van der Waals surface area (Å²) in [7, 11) is 0. The zero-order valence-corrected chi connectivity index (χ0v) is 10.9. The third-order valence-corrected chi connectivity index (χ3v) is 2.89. The smallest absolute Gasteiger partial charge is 0.141 e. The molecule has 0 fully saturated rings. The van der Waals surface area contributed by atoms with Gasteiger partial charge in [-0.1, -0.05) is 0 Å². The van der Waals surface area contributed by atoms with Gasteiger partial charge in [-0.25, -0.2) is 0 Å². The van der Waals surface area contributed by atoms with Gasteiger partial charge in [0.05, 0.1) is 0 Å². The van der Waals surface area contributed by atoms with Gasteiger partial charge in [-0.3, -0.25) is 15.4 Å². The van der Waals surface area contributed by atoms with Gasteiger partial charge in [-0.15, -0.1) is 0 Å². The molecule has 0 aliphatic heterocycles. The first-order chi connectivity index (χ1) is 9.20. The molecule has 0 saturated carbocycles. The number of rotatable bonds is 5. The Morgan fingerprint density at radius 3 is 2.63 bits per heavy atom. The Bertz CT molecular complexity index is 553. The fourth-order valence-electron chi connectivity index (χ4n) is 1.86. The van der Waals surface area contributed by atoms with Gasteiger partial charge in [-0.2, -0.15) is 0 Å². The first-order valence-electron chi connectivity index (χ1n) is 6.15. The number of nitrogens with two attached hydrogens (primary N) is 1. The summed E-state index contributed by atoms with van der Waals surface area (Å²) in [6.45, 7) is 3.75. The molecule has 98 valence electrons. The summed E-state index contributed by atoms with van der Waals surface area (Å²) >= 11 is 0. The predicted molar refractivity (Wildman–Crippen MR) is 76.2 cm³/mol. The van der Waals surface area contributed by atoms with Crippen LogP contribution in [0.25, 0.3) is 0 Å². The van der Waals surface area contributed by atoms with Crippen LogP contribution in [0.15, 0.2) is 42.9 Å². The lowest BCUT2D eigenvalue weighted by atomic mass is 10.2. The second-order valence-electron chi connectivity index (χ2n) is 4.18. The standard InChI is InChI=1S/C14H17N5/c1-2-19(10-11-3-6-17-7-4-11)12-5-8-18-13(9-12)14(15)16/h3-9H,2,10H2,1H3,(H3,15,16). The van der Waals surface area contributed by atoms with E-state index >= 15 is 0 Å². The largest absolute Gasteiger partial charge is 0.382 e. The number of pyridine rings is 2. The maximum atomic E-state index is 7.44. The second kappa shape index (κ2) is 5.95. The lowest BCUT2D eigenvalue weighted by molar-refractivity contribution is 0.828. The van der Waals surface area contributed by atoms with Crippen molar-refractivity contribution >= 4 is 11.5 Å². The highest BCUT2D eigenvalue weighted by Gasteiger charge is 2.07. The topological polar surface area (TPSA) is 78.9 Å². The molecule has 0 spiro atoms. The molecule has 5 nitrogen and oxygen atoms in total. The number of aromatic nitrogens is 2. The summed E-state index contributed by atoms with van der Waals surface area (Å²) in [4.78, 5) is 10.3. The van der Waals surface area contributed by atoms with Crippen molar-refractivity contribution < 1.29 is 0 Å². The quantitative estimate of drug-likeness (QED) is 0.630. The third kappa shape index (κ3) is 3.28. The van der Waals surface area contributed by atoms with Crippen molar-refractivity contribution in [2.75, 3.05) is 11.4 Å². The van der Waals surface area contributed by atoms with E-state index in [4.69, 9.17) is 11.1 Å². The SMILES string of the molecule is CCN(Cc1ccncc1)c1ccnc(C(=N)N)c1. The normalized spacial score (nSPS) is 10.2. The van der Waals surface area contributed by atoms with Crippen LogP contribution in [0.2, 0.25) is 0 Å². The molecule has 0 aliphatic carbocycles. The van der Waals surface area contributed by atoms with E-state index < -0.39 is 0 Å². The lowest BCUT2D eigenvalue weighted by Crippen LogP contribution is -2.23. The lowest BCUT2D eigenvalue weighted by Gasteiger charge is -2.23. The molecule has 0 amide bonds. The van der Waals surface area contributed by atoms with Crippen LogP contribution < -0.4 is 10.6 Å².